The highest BCUT2D eigenvalue weighted by molar-refractivity contribution is 8.02. The van der Waals surface area contributed by atoms with E-state index in [1.807, 2.05) is 46.9 Å². The highest BCUT2D eigenvalue weighted by Crippen LogP contribution is 2.33. The van der Waals surface area contributed by atoms with Crippen molar-refractivity contribution in [2.24, 2.45) is 0 Å². The minimum atomic E-state index is 0.0804. The zero-order valence-corrected chi connectivity index (χ0v) is 16.4. The third-order valence-corrected chi connectivity index (χ3v) is 6.76. The van der Waals surface area contributed by atoms with Crippen molar-refractivity contribution in [2.45, 2.75) is 14.8 Å². The molecule has 1 aliphatic heterocycles. The molecule has 3 nitrogen and oxygen atoms in total. The summed E-state index contributed by atoms with van der Waals surface area (Å²) in [6.45, 7) is 0. The summed E-state index contributed by atoms with van der Waals surface area (Å²) < 4.78 is 2.74. The zero-order valence-electron chi connectivity index (χ0n) is 13.2. The van der Waals surface area contributed by atoms with Crippen molar-refractivity contribution in [3.8, 4) is 0 Å². The van der Waals surface area contributed by atoms with Crippen LogP contribution in [0.25, 0.3) is 0 Å². The molecular formula is C18H16N2OS4. The molecule has 0 atom stereocenters. The number of carbonyl (C=O) groups excluding carboxylic acids is 1. The molecule has 0 saturated carbocycles. The number of H-pyrrole nitrogens is 1. The second-order valence-corrected chi connectivity index (χ2v) is 9.17. The summed E-state index contributed by atoms with van der Waals surface area (Å²) in [6, 6.07) is 14.4. The lowest BCUT2D eigenvalue weighted by Crippen LogP contribution is -2.04. The Kier molecular flexibility index (Phi) is 6.93. The third kappa shape index (κ3) is 5.89. The highest BCUT2D eigenvalue weighted by atomic mass is 32.2. The van der Waals surface area contributed by atoms with Crippen molar-refractivity contribution in [1.82, 2.24) is 4.98 Å². The summed E-state index contributed by atoms with van der Waals surface area (Å²) in [6.07, 6.45) is 2.33. The van der Waals surface area contributed by atoms with E-state index in [0.29, 0.717) is 6.42 Å². The number of thiophene rings is 3. The Balaban J connectivity index is 0.000000117. The van der Waals surface area contributed by atoms with Crippen molar-refractivity contribution in [2.75, 3.05) is 5.32 Å². The normalized spacial score (nSPS) is 11.6. The van der Waals surface area contributed by atoms with Gasteiger partial charge in [-0.25, -0.2) is 0 Å². The van der Waals surface area contributed by atoms with Gasteiger partial charge in [0.15, 0.2) is 0 Å². The molecule has 0 radical (unpaired) electrons. The number of aromatic amines is 1. The first-order chi connectivity index (χ1) is 12.3. The monoisotopic (exact) mass is 404 g/mol. The molecular weight excluding hydrogens is 388 g/mol. The molecule has 5 heterocycles. The van der Waals surface area contributed by atoms with E-state index >= 15 is 0 Å². The Morgan fingerprint density at radius 2 is 1.56 bits per heavy atom. The Morgan fingerprint density at radius 3 is 2.04 bits per heavy atom. The number of fused-ring (bicyclic) bond motifs is 1. The van der Waals surface area contributed by atoms with Crippen LogP contribution in [0.5, 0.6) is 0 Å². The second kappa shape index (κ2) is 9.62. The SMILES string of the molecule is O=C1Cc2[nH]ccc2N1.c1ccsc1.c1csc(Sc2cccs2)c1. The summed E-state index contributed by atoms with van der Waals surface area (Å²) >= 11 is 7.13. The summed E-state index contributed by atoms with van der Waals surface area (Å²) in [4.78, 5) is 13.6. The van der Waals surface area contributed by atoms with Gasteiger partial charge in [0.2, 0.25) is 5.91 Å². The molecule has 0 spiro atoms. The minimum Gasteiger partial charge on any atom is -0.363 e. The van der Waals surface area contributed by atoms with Crippen LogP contribution in [0.3, 0.4) is 0 Å². The first-order valence-corrected chi connectivity index (χ1v) is 11.0. The largest absolute Gasteiger partial charge is 0.363 e. The Hall–Kier alpha value is -1.80. The Labute approximate surface area is 162 Å². The fourth-order valence-electron chi connectivity index (χ4n) is 1.99. The van der Waals surface area contributed by atoms with Crippen molar-refractivity contribution in [1.29, 1.82) is 0 Å². The minimum absolute atomic E-state index is 0.0804. The van der Waals surface area contributed by atoms with Crippen molar-refractivity contribution >= 4 is 57.4 Å². The summed E-state index contributed by atoms with van der Waals surface area (Å²) in [5.41, 5.74) is 1.93. The molecule has 128 valence electrons. The van der Waals surface area contributed by atoms with Crippen LogP contribution in [-0.2, 0) is 11.2 Å². The molecule has 4 aromatic heterocycles. The topological polar surface area (TPSA) is 44.9 Å². The maximum absolute atomic E-state index is 10.6. The molecule has 0 bridgehead atoms. The van der Waals surface area contributed by atoms with Crippen LogP contribution < -0.4 is 5.32 Å². The van der Waals surface area contributed by atoms with Gasteiger partial charge in [-0.2, -0.15) is 11.3 Å². The zero-order chi connectivity index (χ0) is 17.3. The summed E-state index contributed by atoms with van der Waals surface area (Å²) in [5.74, 6) is 0.0804. The van der Waals surface area contributed by atoms with E-state index in [-0.39, 0.29) is 5.91 Å². The fourth-order valence-corrected chi connectivity index (χ4v) is 5.25. The number of amides is 1. The van der Waals surface area contributed by atoms with E-state index in [1.165, 1.54) is 8.42 Å². The van der Waals surface area contributed by atoms with Gasteiger partial charge in [-0.1, -0.05) is 36.0 Å². The predicted octanol–water partition coefficient (Wildman–Crippen LogP) is 6.22. The number of nitrogens with one attached hydrogen (secondary N) is 2. The molecule has 0 aliphatic carbocycles. The van der Waals surface area contributed by atoms with Crippen molar-refractivity contribution in [3.63, 3.8) is 0 Å². The summed E-state index contributed by atoms with van der Waals surface area (Å²) in [7, 11) is 0. The van der Waals surface area contributed by atoms with Gasteiger partial charge in [-0.3, -0.25) is 4.79 Å². The lowest BCUT2D eigenvalue weighted by molar-refractivity contribution is -0.115. The van der Waals surface area contributed by atoms with Gasteiger partial charge in [0.25, 0.3) is 0 Å². The van der Waals surface area contributed by atoms with Crippen LogP contribution in [0.2, 0.25) is 0 Å². The Bertz CT molecular complexity index is 777. The molecule has 4 aromatic rings. The van der Waals surface area contributed by atoms with Crippen molar-refractivity contribution < 1.29 is 4.79 Å². The second-order valence-electron chi connectivity index (χ2n) is 4.85. The van der Waals surface area contributed by atoms with E-state index in [9.17, 15) is 4.79 Å². The smallest absolute Gasteiger partial charge is 0.230 e. The van der Waals surface area contributed by atoms with Gasteiger partial charge >= 0.3 is 0 Å². The molecule has 1 aliphatic rings. The maximum Gasteiger partial charge on any atom is 0.230 e. The van der Waals surface area contributed by atoms with Gasteiger partial charge in [-0.15, -0.1) is 22.7 Å². The van der Waals surface area contributed by atoms with Crippen LogP contribution >= 0.6 is 45.8 Å². The molecule has 2 N–H and O–H groups in total. The van der Waals surface area contributed by atoms with E-state index < -0.39 is 0 Å². The first-order valence-electron chi connectivity index (χ1n) is 7.49. The lowest BCUT2D eigenvalue weighted by Gasteiger charge is -1.89. The molecule has 0 aromatic carbocycles. The maximum atomic E-state index is 10.6. The molecule has 0 fully saturated rings. The van der Waals surface area contributed by atoms with Crippen LogP contribution in [0.4, 0.5) is 5.69 Å². The quantitative estimate of drug-likeness (QED) is 0.417. The number of hydrogen-bond donors (Lipinski definition) is 2. The van der Waals surface area contributed by atoms with Gasteiger partial charge in [-0.05, 0) is 39.7 Å². The van der Waals surface area contributed by atoms with Crippen molar-refractivity contribution in [3.05, 3.63) is 75.9 Å². The number of aromatic nitrogens is 1. The van der Waals surface area contributed by atoms with Crippen LogP contribution in [0, 0.1) is 0 Å². The fraction of sp³-hybridized carbons (Fsp3) is 0.0556. The van der Waals surface area contributed by atoms with Crippen LogP contribution in [0.1, 0.15) is 5.69 Å². The lowest BCUT2D eigenvalue weighted by atomic mass is 10.3. The average molecular weight is 405 g/mol. The van der Waals surface area contributed by atoms with Gasteiger partial charge in [0.1, 0.15) is 0 Å². The van der Waals surface area contributed by atoms with Gasteiger partial charge in [0, 0.05) is 11.9 Å². The van der Waals surface area contributed by atoms with E-state index in [4.69, 9.17) is 0 Å². The first kappa shape index (κ1) is 18.0. The third-order valence-electron chi connectivity index (χ3n) is 3.06. The van der Waals surface area contributed by atoms with Crippen LogP contribution in [0.15, 0.2) is 78.6 Å². The molecule has 0 saturated heterocycles. The molecule has 7 heteroatoms. The summed E-state index contributed by atoms with van der Waals surface area (Å²) in [5, 5.41) is 11.0. The van der Waals surface area contributed by atoms with Crippen LogP contribution in [-0.4, -0.2) is 10.9 Å². The Morgan fingerprint density at radius 1 is 0.880 bits per heavy atom. The van der Waals surface area contributed by atoms with E-state index in [2.05, 4.69) is 45.3 Å². The number of rotatable bonds is 2. The average Bonchev–Trinajstić information content (AvgIpc) is 3.40. The van der Waals surface area contributed by atoms with E-state index in [1.54, 1.807) is 34.0 Å². The van der Waals surface area contributed by atoms with Gasteiger partial charge < -0.3 is 10.3 Å². The standard InChI is InChI=1S/C8H6S3.C6H6N2O.C4H4S/c1-3-7(9-5-1)11-8-4-2-6-10-8;9-6-3-5-4(8-6)1-2-7-5;1-2-4-5-3-1/h1-6H;1-2,7H,3H2,(H,8,9);1-4H. The van der Waals surface area contributed by atoms with Gasteiger partial charge in [0.05, 0.1) is 20.5 Å². The molecule has 25 heavy (non-hydrogen) atoms. The predicted molar refractivity (Wildman–Crippen MR) is 110 cm³/mol. The number of anilines is 1. The molecule has 5 rings (SSSR count). The molecule has 0 unspecified atom stereocenters. The number of hydrogen-bond acceptors (Lipinski definition) is 5. The van der Waals surface area contributed by atoms with E-state index in [0.717, 1.165) is 11.4 Å². The number of carbonyl (C=O) groups is 1. The highest BCUT2D eigenvalue weighted by Gasteiger charge is 2.16. The molecule has 1 amide bonds.